The molecule has 0 saturated heterocycles. The lowest BCUT2D eigenvalue weighted by molar-refractivity contribution is 0.133. The molecule has 0 bridgehead atoms. The van der Waals surface area contributed by atoms with Gasteiger partial charge in [-0.2, -0.15) is 0 Å². The van der Waals surface area contributed by atoms with Crippen LogP contribution in [0.4, 0.5) is 14.5 Å². The van der Waals surface area contributed by atoms with E-state index in [1.54, 1.807) is 6.07 Å². The van der Waals surface area contributed by atoms with Crippen LogP contribution in [0.25, 0.3) is 0 Å². The minimum absolute atomic E-state index is 0.149. The molecule has 0 aromatic heterocycles. The van der Waals surface area contributed by atoms with Crippen molar-refractivity contribution in [3.05, 3.63) is 63.1 Å². The Kier molecular flexibility index (Phi) is 6.37. The number of anilines is 1. The second kappa shape index (κ2) is 9.00. The number of halogens is 4. The van der Waals surface area contributed by atoms with Crippen molar-refractivity contribution < 1.29 is 13.5 Å². The second-order valence-electron chi connectivity index (χ2n) is 7.24. The zero-order valence-corrected chi connectivity index (χ0v) is 18.0. The van der Waals surface area contributed by atoms with Crippen molar-refractivity contribution in [2.45, 2.75) is 13.3 Å². The Hall–Kier alpha value is -2.02. The molecule has 0 spiro atoms. The molecule has 0 amide bonds. The van der Waals surface area contributed by atoms with Gasteiger partial charge in [0.05, 0.1) is 33.6 Å². The van der Waals surface area contributed by atoms with Crippen molar-refractivity contribution in [3.8, 4) is 0 Å². The van der Waals surface area contributed by atoms with Crippen molar-refractivity contribution in [2.75, 3.05) is 37.7 Å². The number of hydrogen-bond acceptors (Lipinski definition) is 4. The first kappa shape index (κ1) is 21.2. The maximum Gasteiger partial charge on any atom is 0.135 e. The molecular formula is C22H21Cl2F2N3O. The van der Waals surface area contributed by atoms with Crippen molar-refractivity contribution in [3.63, 3.8) is 0 Å². The smallest absolute Gasteiger partial charge is 0.135 e. The van der Waals surface area contributed by atoms with Crippen molar-refractivity contribution in [1.29, 1.82) is 0 Å². The molecule has 0 radical (unpaired) electrons. The Morgan fingerprint density at radius 1 is 1.10 bits per heavy atom. The standard InChI is InChI=1S/C22H21Cl2F2N3O/c1-2-30-9-8-13-10-27-18-11-28-22(19-15(25)4-3-5-16(19)26)20-17(29(18)12-13)7-6-14(23)21(20)24/h3-7,13H,2,8-12H2,1H3. The number of hydrogen-bond donors (Lipinski definition) is 0. The molecule has 0 fully saturated rings. The topological polar surface area (TPSA) is 37.2 Å². The highest BCUT2D eigenvalue weighted by molar-refractivity contribution is 6.45. The Morgan fingerprint density at radius 3 is 2.60 bits per heavy atom. The summed E-state index contributed by atoms with van der Waals surface area (Å²) >= 11 is 12.8. The normalized spacial score (nSPS) is 18.3. The minimum Gasteiger partial charge on any atom is -0.382 e. The van der Waals surface area contributed by atoms with Crippen molar-refractivity contribution in [2.24, 2.45) is 15.9 Å². The van der Waals surface area contributed by atoms with Gasteiger partial charge in [-0.1, -0.05) is 29.3 Å². The molecule has 8 heteroatoms. The van der Waals surface area contributed by atoms with Crippen LogP contribution in [0, 0.1) is 17.6 Å². The zero-order valence-electron chi connectivity index (χ0n) is 16.5. The lowest BCUT2D eigenvalue weighted by Crippen LogP contribution is -2.42. The van der Waals surface area contributed by atoms with E-state index in [0.29, 0.717) is 42.6 Å². The van der Waals surface area contributed by atoms with Crippen LogP contribution in [-0.4, -0.2) is 44.4 Å². The predicted octanol–water partition coefficient (Wildman–Crippen LogP) is 5.38. The third kappa shape index (κ3) is 3.96. The third-order valence-corrected chi connectivity index (χ3v) is 6.14. The molecule has 0 saturated carbocycles. The fourth-order valence-electron chi connectivity index (χ4n) is 3.84. The quantitative estimate of drug-likeness (QED) is 0.571. The van der Waals surface area contributed by atoms with E-state index in [1.165, 1.54) is 18.2 Å². The average Bonchev–Trinajstić information content (AvgIpc) is 2.88. The van der Waals surface area contributed by atoms with Crippen LogP contribution in [0.3, 0.4) is 0 Å². The van der Waals surface area contributed by atoms with Gasteiger partial charge in [-0.3, -0.25) is 9.98 Å². The van der Waals surface area contributed by atoms with Gasteiger partial charge >= 0.3 is 0 Å². The van der Waals surface area contributed by atoms with Crippen LogP contribution in [0.1, 0.15) is 24.5 Å². The fourth-order valence-corrected chi connectivity index (χ4v) is 4.25. The summed E-state index contributed by atoms with van der Waals surface area (Å²) in [6, 6.07) is 7.23. The second-order valence-corrected chi connectivity index (χ2v) is 8.02. The number of benzene rings is 2. The van der Waals surface area contributed by atoms with E-state index in [0.717, 1.165) is 12.3 Å². The van der Waals surface area contributed by atoms with Gasteiger partial charge in [-0.05, 0) is 43.5 Å². The SMILES string of the molecule is CCOCCC1CN=C2CN=C(c3c(F)cccc3F)c3c(ccc(Cl)c3Cl)N2C1. The summed E-state index contributed by atoms with van der Waals surface area (Å²) in [6.45, 7) is 4.86. The number of nitrogens with zero attached hydrogens (tertiary/aromatic N) is 3. The van der Waals surface area contributed by atoms with E-state index in [1.807, 2.05) is 17.9 Å². The molecule has 0 N–H and O–H groups in total. The first-order chi connectivity index (χ1) is 14.5. The Labute approximate surface area is 184 Å². The molecule has 4 rings (SSSR count). The molecule has 4 nitrogen and oxygen atoms in total. The van der Waals surface area contributed by atoms with E-state index in [2.05, 4.69) is 4.99 Å². The van der Waals surface area contributed by atoms with E-state index in [9.17, 15) is 8.78 Å². The van der Waals surface area contributed by atoms with E-state index >= 15 is 0 Å². The Balaban J connectivity index is 1.81. The lowest BCUT2D eigenvalue weighted by atomic mass is 9.97. The third-order valence-electron chi connectivity index (χ3n) is 5.34. The van der Waals surface area contributed by atoms with Crippen LogP contribution >= 0.6 is 23.2 Å². The molecule has 2 aromatic carbocycles. The van der Waals surface area contributed by atoms with Crippen molar-refractivity contribution >= 4 is 40.4 Å². The fraction of sp³-hybridized carbons (Fsp3) is 0.364. The number of aliphatic imine (C=N–C) groups is 2. The maximum atomic E-state index is 14.6. The number of rotatable bonds is 5. The summed E-state index contributed by atoms with van der Waals surface area (Å²) in [5.74, 6) is -0.373. The maximum absolute atomic E-state index is 14.6. The van der Waals surface area contributed by atoms with E-state index in [4.69, 9.17) is 32.9 Å². The molecule has 158 valence electrons. The summed E-state index contributed by atoms with van der Waals surface area (Å²) in [5.41, 5.74) is 1.05. The lowest BCUT2D eigenvalue weighted by Gasteiger charge is -2.34. The highest BCUT2D eigenvalue weighted by Gasteiger charge is 2.32. The van der Waals surface area contributed by atoms with Gasteiger partial charge in [0.15, 0.2) is 0 Å². The first-order valence-electron chi connectivity index (χ1n) is 9.87. The predicted molar refractivity (Wildman–Crippen MR) is 118 cm³/mol. The van der Waals surface area contributed by atoms with Gasteiger partial charge in [0, 0.05) is 31.9 Å². The molecule has 2 aliphatic heterocycles. The van der Waals surface area contributed by atoms with Crippen LogP contribution in [0.15, 0.2) is 40.3 Å². The van der Waals surface area contributed by atoms with Crippen LogP contribution in [-0.2, 0) is 4.74 Å². The summed E-state index contributed by atoms with van der Waals surface area (Å²) < 4.78 is 34.8. The molecule has 2 aromatic rings. The van der Waals surface area contributed by atoms with E-state index < -0.39 is 11.6 Å². The highest BCUT2D eigenvalue weighted by Crippen LogP contribution is 2.39. The van der Waals surface area contributed by atoms with Crippen LogP contribution in [0.5, 0.6) is 0 Å². The van der Waals surface area contributed by atoms with Gasteiger partial charge < -0.3 is 9.64 Å². The monoisotopic (exact) mass is 451 g/mol. The number of fused-ring (bicyclic) bond motifs is 3. The Bertz CT molecular complexity index is 1010. The molecule has 2 aliphatic rings. The molecule has 1 unspecified atom stereocenters. The summed E-state index contributed by atoms with van der Waals surface area (Å²) in [6.07, 6.45) is 0.868. The molecule has 1 atom stereocenters. The first-order valence-corrected chi connectivity index (χ1v) is 10.6. The van der Waals surface area contributed by atoms with Gasteiger partial charge in [0.2, 0.25) is 0 Å². The van der Waals surface area contributed by atoms with Gasteiger partial charge in [0.1, 0.15) is 17.5 Å². The van der Waals surface area contributed by atoms with E-state index in [-0.39, 0.29) is 28.8 Å². The van der Waals surface area contributed by atoms with Crippen LogP contribution in [0.2, 0.25) is 10.0 Å². The largest absolute Gasteiger partial charge is 0.382 e. The number of ether oxygens (including phenoxy) is 1. The average molecular weight is 452 g/mol. The van der Waals surface area contributed by atoms with Gasteiger partial charge in [-0.25, -0.2) is 8.78 Å². The van der Waals surface area contributed by atoms with Crippen LogP contribution < -0.4 is 4.90 Å². The summed E-state index contributed by atoms with van der Waals surface area (Å²) in [7, 11) is 0. The zero-order chi connectivity index (χ0) is 21.3. The summed E-state index contributed by atoms with van der Waals surface area (Å²) in [4.78, 5) is 11.3. The number of amidine groups is 1. The highest BCUT2D eigenvalue weighted by atomic mass is 35.5. The molecule has 2 heterocycles. The van der Waals surface area contributed by atoms with Gasteiger partial charge in [-0.15, -0.1) is 0 Å². The molecule has 0 aliphatic carbocycles. The Morgan fingerprint density at radius 2 is 1.87 bits per heavy atom. The van der Waals surface area contributed by atoms with Gasteiger partial charge in [0.25, 0.3) is 0 Å². The molecule has 30 heavy (non-hydrogen) atoms. The minimum atomic E-state index is -0.702. The summed E-state index contributed by atoms with van der Waals surface area (Å²) in [5, 5.41) is 0.512. The van der Waals surface area contributed by atoms with Crippen molar-refractivity contribution in [1.82, 2.24) is 0 Å². The molecular weight excluding hydrogens is 431 g/mol.